The van der Waals surface area contributed by atoms with Crippen molar-refractivity contribution in [2.45, 2.75) is 83.6 Å². The van der Waals surface area contributed by atoms with E-state index in [0.29, 0.717) is 6.42 Å². The fraction of sp³-hybridized carbons (Fsp3) is 0.739. The van der Waals surface area contributed by atoms with Crippen molar-refractivity contribution < 1.29 is 17.5 Å². The number of nitrogens with zero attached hydrogens (tertiary/aromatic N) is 1. The molecule has 0 amide bonds. The van der Waals surface area contributed by atoms with Crippen LogP contribution < -0.4 is 0 Å². The van der Waals surface area contributed by atoms with Crippen molar-refractivity contribution in [3.63, 3.8) is 0 Å². The van der Waals surface area contributed by atoms with Crippen LogP contribution in [0.3, 0.4) is 0 Å². The summed E-state index contributed by atoms with van der Waals surface area (Å²) in [6.07, 6.45) is 13.6. The van der Waals surface area contributed by atoms with E-state index in [0.717, 1.165) is 23.0 Å². The zero-order valence-electron chi connectivity index (χ0n) is 18.3. The molecule has 1 rings (SSSR count). The van der Waals surface area contributed by atoms with Gasteiger partial charge >= 0.3 is 0 Å². The number of quaternary nitrogens is 1. The summed E-state index contributed by atoms with van der Waals surface area (Å²) in [7, 11) is 0.410. The van der Waals surface area contributed by atoms with E-state index in [1.54, 1.807) is 0 Å². The number of hydrogen-bond donors (Lipinski definition) is 1. The molecule has 0 saturated carbocycles. The molecule has 4 nitrogen and oxygen atoms in total. The summed E-state index contributed by atoms with van der Waals surface area (Å²) in [6.45, 7) is 3.27. The van der Waals surface area contributed by atoms with Crippen molar-refractivity contribution in [3.05, 3.63) is 35.9 Å². The van der Waals surface area contributed by atoms with Crippen molar-refractivity contribution >= 4 is 10.1 Å². The molecule has 0 fully saturated rings. The lowest BCUT2D eigenvalue weighted by Gasteiger charge is -2.38. The van der Waals surface area contributed by atoms with Crippen molar-refractivity contribution in [1.82, 2.24) is 0 Å². The highest BCUT2D eigenvalue weighted by molar-refractivity contribution is 7.85. The Kier molecular flexibility index (Phi) is 12.0. The first-order valence-electron chi connectivity index (χ1n) is 11.1. The fourth-order valence-electron chi connectivity index (χ4n) is 4.02. The average Bonchev–Trinajstić information content (AvgIpc) is 2.63. The van der Waals surface area contributed by atoms with Gasteiger partial charge in [0.1, 0.15) is 6.04 Å². The summed E-state index contributed by atoms with van der Waals surface area (Å²) in [6, 6.07) is 10.2. The Morgan fingerprint density at radius 1 is 0.857 bits per heavy atom. The molecule has 1 unspecified atom stereocenters. The van der Waals surface area contributed by atoms with Gasteiger partial charge in [-0.15, -0.1) is 0 Å². The second-order valence-corrected chi connectivity index (χ2v) is 10.3. The molecule has 0 aromatic heterocycles. The van der Waals surface area contributed by atoms with Crippen LogP contribution in [-0.2, 0) is 10.1 Å². The van der Waals surface area contributed by atoms with Gasteiger partial charge in [-0.25, -0.2) is 0 Å². The first-order chi connectivity index (χ1) is 13.3. The van der Waals surface area contributed by atoms with E-state index in [1.807, 2.05) is 18.2 Å². The molecule has 0 heterocycles. The maximum atomic E-state index is 11.3. The normalized spacial score (nSPS) is 13.6. The fourth-order valence-corrected chi connectivity index (χ4v) is 4.54. The van der Waals surface area contributed by atoms with E-state index in [1.165, 1.54) is 57.8 Å². The van der Waals surface area contributed by atoms with Gasteiger partial charge in [0, 0.05) is 12.0 Å². The van der Waals surface area contributed by atoms with Crippen LogP contribution in [0.25, 0.3) is 0 Å². The smallest absolute Gasteiger partial charge is 0.265 e. The van der Waals surface area contributed by atoms with Crippen molar-refractivity contribution in [2.75, 3.05) is 26.4 Å². The molecule has 0 aliphatic heterocycles. The van der Waals surface area contributed by atoms with Gasteiger partial charge in [0.05, 0.1) is 26.4 Å². The third kappa shape index (κ3) is 11.2. The van der Waals surface area contributed by atoms with E-state index in [-0.39, 0.29) is 11.8 Å². The minimum atomic E-state index is -3.94. The second kappa shape index (κ2) is 13.3. The van der Waals surface area contributed by atoms with Crippen LogP contribution in [0.2, 0.25) is 0 Å². The molecule has 0 aliphatic carbocycles. The summed E-state index contributed by atoms with van der Waals surface area (Å²) in [5.41, 5.74) is 1.14. The molecule has 0 saturated heterocycles. The Morgan fingerprint density at radius 3 is 1.86 bits per heavy atom. The SMILES string of the molecule is CCCCCCCCCCCC[N+](C)(C)C(CCS(=O)(=O)O)c1ccccc1. The van der Waals surface area contributed by atoms with Gasteiger partial charge in [0.25, 0.3) is 10.1 Å². The topological polar surface area (TPSA) is 54.4 Å². The van der Waals surface area contributed by atoms with Gasteiger partial charge in [0.2, 0.25) is 0 Å². The Labute approximate surface area is 173 Å². The predicted molar refractivity (Wildman–Crippen MR) is 119 cm³/mol. The predicted octanol–water partition coefficient (Wildman–Crippen LogP) is 6.00. The molecule has 0 radical (unpaired) electrons. The van der Waals surface area contributed by atoms with Gasteiger partial charge < -0.3 is 4.48 Å². The molecule has 28 heavy (non-hydrogen) atoms. The molecule has 1 atom stereocenters. The highest BCUT2D eigenvalue weighted by Crippen LogP contribution is 2.29. The van der Waals surface area contributed by atoms with E-state index in [9.17, 15) is 13.0 Å². The summed E-state index contributed by atoms with van der Waals surface area (Å²) in [5, 5.41) is 0. The van der Waals surface area contributed by atoms with E-state index in [4.69, 9.17) is 0 Å². The number of unbranched alkanes of at least 4 members (excludes halogenated alkanes) is 9. The highest BCUT2D eigenvalue weighted by atomic mass is 32.2. The molecule has 0 bridgehead atoms. The number of rotatable bonds is 16. The van der Waals surface area contributed by atoms with Crippen molar-refractivity contribution in [3.8, 4) is 0 Å². The largest absolute Gasteiger partial charge is 0.322 e. The molecule has 1 aromatic carbocycles. The third-order valence-electron chi connectivity index (χ3n) is 5.77. The molecular weight excluding hydrogens is 370 g/mol. The maximum absolute atomic E-state index is 11.3. The summed E-state index contributed by atoms with van der Waals surface area (Å²) in [4.78, 5) is 0. The van der Waals surface area contributed by atoms with Crippen molar-refractivity contribution in [1.29, 1.82) is 0 Å². The summed E-state index contributed by atoms with van der Waals surface area (Å²) < 4.78 is 32.5. The Balaban J connectivity index is 2.42. The van der Waals surface area contributed by atoms with Crippen LogP contribution in [0.15, 0.2) is 30.3 Å². The summed E-state index contributed by atoms with van der Waals surface area (Å²) in [5.74, 6) is -0.188. The summed E-state index contributed by atoms with van der Waals surface area (Å²) >= 11 is 0. The van der Waals surface area contributed by atoms with Crippen LogP contribution >= 0.6 is 0 Å². The zero-order valence-corrected chi connectivity index (χ0v) is 19.1. The van der Waals surface area contributed by atoms with Gasteiger partial charge in [-0.1, -0.05) is 88.6 Å². The molecule has 0 aliphatic rings. The Hall–Kier alpha value is -0.910. The van der Waals surface area contributed by atoms with Crippen LogP contribution in [-0.4, -0.2) is 43.8 Å². The molecule has 162 valence electrons. The van der Waals surface area contributed by atoms with Crippen LogP contribution in [0.4, 0.5) is 0 Å². The van der Waals surface area contributed by atoms with Gasteiger partial charge in [0.15, 0.2) is 0 Å². The van der Waals surface area contributed by atoms with Crippen LogP contribution in [0, 0.1) is 0 Å². The lowest BCUT2D eigenvalue weighted by atomic mass is 10.00. The second-order valence-electron chi connectivity index (χ2n) is 8.69. The quantitative estimate of drug-likeness (QED) is 0.206. The minimum Gasteiger partial charge on any atom is -0.322 e. The van der Waals surface area contributed by atoms with E-state index < -0.39 is 10.1 Å². The first kappa shape index (κ1) is 25.1. The number of benzene rings is 1. The van der Waals surface area contributed by atoms with Gasteiger partial charge in [-0.3, -0.25) is 4.55 Å². The average molecular weight is 413 g/mol. The monoisotopic (exact) mass is 412 g/mol. The lowest BCUT2D eigenvalue weighted by Crippen LogP contribution is -2.44. The minimum absolute atomic E-state index is 0.0710. The van der Waals surface area contributed by atoms with E-state index in [2.05, 4.69) is 33.2 Å². The third-order valence-corrected chi connectivity index (χ3v) is 6.52. The molecule has 0 spiro atoms. The Bertz CT molecular complexity index is 614. The molecule has 1 aromatic rings. The van der Waals surface area contributed by atoms with E-state index >= 15 is 0 Å². The molecule has 1 N–H and O–H groups in total. The number of hydrogen-bond acceptors (Lipinski definition) is 2. The Morgan fingerprint density at radius 2 is 1.36 bits per heavy atom. The van der Waals surface area contributed by atoms with Crippen molar-refractivity contribution in [2.24, 2.45) is 0 Å². The standard InChI is InChI=1S/C23H41NO3S/c1-4-5-6-7-8-9-10-11-12-16-20-24(2,3)23(19-21-28(25,26)27)22-17-14-13-15-18-22/h13-15,17-18,23H,4-12,16,19-21H2,1-3H3/p+1. The van der Waals surface area contributed by atoms with Gasteiger partial charge in [-0.2, -0.15) is 8.42 Å². The van der Waals surface area contributed by atoms with Gasteiger partial charge in [-0.05, 0) is 12.8 Å². The van der Waals surface area contributed by atoms with Crippen LogP contribution in [0.1, 0.15) is 89.2 Å². The molecular formula is C23H42NO3S+. The maximum Gasteiger partial charge on any atom is 0.265 e. The molecule has 5 heteroatoms. The van der Waals surface area contributed by atoms with Crippen LogP contribution in [0.5, 0.6) is 0 Å². The first-order valence-corrected chi connectivity index (χ1v) is 12.7. The lowest BCUT2D eigenvalue weighted by molar-refractivity contribution is -0.921. The highest BCUT2D eigenvalue weighted by Gasteiger charge is 2.30. The zero-order chi connectivity index (χ0) is 20.9.